The van der Waals surface area contributed by atoms with Gasteiger partial charge in [-0.15, -0.1) is 0 Å². The van der Waals surface area contributed by atoms with Gasteiger partial charge in [0.2, 0.25) is 0 Å². The molecule has 0 fully saturated rings. The molecule has 14 heavy (non-hydrogen) atoms. The second kappa shape index (κ2) is 5.32. The van der Waals surface area contributed by atoms with Crippen molar-refractivity contribution in [3.8, 4) is 0 Å². The monoisotopic (exact) mass is 212 g/mol. The van der Waals surface area contributed by atoms with Crippen molar-refractivity contribution in [1.29, 1.82) is 0 Å². The summed E-state index contributed by atoms with van der Waals surface area (Å²) >= 11 is 6.03. The maximum atomic E-state index is 6.03. The molecule has 2 nitrogen and oxygen atoms in total. The van der Waals surface area contributed by atoms with E-state index in [4.69, 9.17) is 17.3 Å². The minimum absolute atomic E-state index is 0.212. The number of pyridine rings is 1. The molecule has 0 radical (unpaired) electrons. The standard InChI is InChI=1S/C11H17ClN2/c1-3-9(8(2)13)6-10-4-5-14-7-11(10)12/h4-5,7-9H,3,6,13H2,1-2H3. The third-order valence-corrected chi connectivity index (χ3v) is 2.95. The molecule has 1 rings (SSSR count). The van der Waals surface area contributed by atoms with E-state index in [2.05, 4.69) is 11.9 Å². The molecule has 2 atom stereocenters. The van der Waals surface area contributed by atoms with Crippen LogP contribution in [0.5, 0.6) is 0 Å². The lowest BCUT2D eigenvalue weighted by atomic mass is 9.92. The molecule has 0 bridgehead atoms. The van der Waals surface area contributed by atoms with E-state index < -0.39 is 0 Å². The van der Waals surface area contributed by atoms with Crippen LogP contribution in [0.2, 0.25) is 5.02 Å². The summed E-state index contributed by atoms with van der Waals surface area (Å²) in [6.07, 6.45) is 5.48. The Morgan fingerprint density at radius 1 is 1.57 bits per heavy atom. The molecule has 0 aliphatic carbocycles. The lowest BCUT2D eigenvalue weighted by Gasteiger charge is -2.19. The van der Waals surface area contributed by atoms with Gasteiger partial charge in [-0.1, -0.05) is 24.9 Å². The largest absolute Gasteiger partial charge is 0.328 e. The van der Waals surface area contributed by atoms with Crippen LogP contribution >= 0.6 is 11.6 Å². The molecule has 1 aromatic rings. The van der Waals surface area contributed by atoms with Crippen LogP contribution in [-0.2, 0) is 6.42 Å². The molecule has 0 saturated carbocycles. The summed E-state index contributed by atoms with van der Waals surface area (Å²) in [6.45, 7) is 4.20. The van der Waals surface area contributed by atoms with Crippen LogP contribution in [0.1, 0.15) is 25.8 Å². The van der Waals surface area contributed by atoms with Crippen molar-refractivity contribution in [3.63, 3.8) is 0 Å². The molecule has 0 aromatic carbocycles. The Balaban J connectivity index is 2.72. The zero-order chi connectivity index (χ0) is 10.6. The fraction of sp³-hybridized carbons (Fsp3) is 0.545. The topological polar surface area (TPSA) is 38.9 Å². The maximum Gasteiger partial charge on any atom is 0.0621 e. The smallest absolute Gasteiger partial charge is 0.0621 e. The van der Waals surface area contributed by atoms with Crippen molar-refractivity contribution < 1.29 is 0 Å². The van der Waals surface area contributed by atoms with Crippen LogP contribution in [0.25, 0.3) is 0 Å². The zero-order valence-electron chi connectivity index (χ0n) is 8.70. The molecule has 1 heterocycles. The molecule has 78 valence electrons. The summed E-state index contributed by atoms with van der Waals surface area (Å²) in [4.78, 5) is 3.96. The summed E-state index contributed by atoms with van der Waals surface area (Å²) < 4.78 is 0. The highest BCUT2D eigenvalue weighted by Crippen LogP contribution is 2.20. The SMILES string of the molecule is CCC(Cc1ccncc1Cl)C(C)N. The van der Waals surface area contributed by atoms with Gasteiger partial charge in [-0.3, -0.25) is 4.98 Å². The molecule has 3 heteroatoms. The number of hydrogen-bond acceptors (Lipinski definition) is 2. The van der Waals surface area contributed by atoms with Crippen LogP contribution in [0.4, 0.5) is 0 Å². The minimum atomic E-state index is 0.212. The van der Waals surface area contributed by atoms with Crippen LogP contribution in [0, 0.1) is 5.92 Å². The second-order valence-electron chi connectivity index (χ2n) is 3.70. The molecule has 2 N–H and O–H groups in total. The zero-order valence-corrected chi connectivity index (χ0v) is 9.46. The van der Waals surface area contributed by atoms with Gasteiger partial charge in [0.15, 0.2) is 0 Å². The Hall–Kier alpha value is -0.600. The normalized spacial score (nSPS) is 15.1. The van der Waals surface area contributed by atoms with E-state index in [0.717, 1.165) is 23.4 Å². The first-order chi connectivity index (χ1) is 6.65. The highest BCUT2D eigenvalue weighted by Gasteiger charge is 2.13. The van der Waals surface area contributed by atoms with Gasteiger partial charge in [0.1, 0.15) is 0 Å². The molecule has 0 amide bonds. The number of nitrogens with two attached hydrogens (primary N) is 1. The fourth-order valence-electron chi connectivity index (χ4n) is 1.55. The van der Waals surface area contributed by atoms with Gasteiger partial charge >= 0.3 is 0 Å². The summed E-state index contributed by atoms with van der Waals surface area (Å²) in [5.41, 5.74) is 7.03. The van der Waals surface area contributed by atoms with Crippen molar-refractivity contribution in [3.05, 3.63) is 29.0 Å². The first-order valence-corrected chi connectivity index (χ1v) is 5.37. The van der Waals surface area contributed by atoms with Gasteiger partial charge in [0, 0.05) is 18.4 Å². The first kappa shape index (κ1) is 11.5. The van der Waals surface area contributed by atoms with E-state index >= 15 is 0 Å². The van der Waals surface area contributed by atoms with Crippen LogP contribution in [-0.4, -0.2) is 11.0 Å². The second-order valence-corrected chi connectivity index (χ2v) is 4.11. The molecule has 1 aromatic heterocycles. The number of hydrogen-bond donors (Lipinski definition) is 1. The van der Waals surface area contributed by atoms with Gasteiger partial charge in [-0.2, -0.15) is 0 Å². The van der Waals surface area contributed by atoms with E-state index in [9.17, 15) is 0 Å². The Kier molecular flexibility index (Phi) is 4.36. The van der Waals surface area contributed by atoms with E-state index in [-0.39, 0.29) is 6.04 Å². The lowest BCUT2D eigenvalue weighted by Crippen LogP contribution is -2.27. The Labute approximate surface area is 90.5 Å². The van der Waals surface area contributed by atoms with Crippen LogP contribution in [0.3, 0.4) is 0 Å². The summed E-state index contributed by atoms with van der Waals surface area (Å²) in [5, 5.41) is 0.742. The van der Waals surface area contributed by atoms with Crippen LogP contribution in [0.15, 0.2) is 18.5 Å². The number of halogens is 1. The molecular weight excluding hydrogens is 196 g/mol. The first-order valence-electron chi connectivity index (χ1n) is 4.99. The van der Waals surface area contributed by atoms with E-state index in [0.29, 0.717) is 5.92 Å². The van der Waals surface area contributed by atoms with Crippen molar-refractivity contribution in [2.75, 3.05) is 0 Å². The number of nitrogens with zero attached hydrogens (tertiary/aromatic N) is 1. The molecule has 0 aliphatic heterocycles. The van der Waals surface area contributed by atoms with E-state index in [1.807, 2.05) is 13.0 Å². The average molecular weight is 213 g/mol. The van der Waals surface area contributed by atoms with E-state index in [1.54, 1.807) is 12.4 Å². The third kappa shape index (κ3) is 2.96. The Bertz CT molecular complexity index is 286. The molecule has 2 unspecified atom stereocenters. The summed E-state index contributed by atoms with van der Waals surface area (Å²) in [5.74, 6) is 0.495. The molecule has 0 spiro atoms. The van der Waals surface area contributed by atoms with Crippen molar-refractivity contribution >= 4 is 11.6 Å². The van der Waals surface area contributed by atoms with Gasteiger partial charge in [-0.25, -0.2) is 0 Å². The molecular formula is C11H17ClN2. The third-order valence-electron chi connectivity index (χ3n) is 2.61. The molecule has 0 aliphatic rings. The maximum absolute atomic E-state index is 6.03. The van der Waals surface area contributed by atoms with E-state index in [1.165, 1.54) is 0 Å². The highest BCUT2D eigenvalue weighted by molar-refractivity contribution is 6.31. The van der Waals surface area contributed by atoms with Gasteiger partial charge in [0.05, 0.1) is 5.02 Å². The van der Waals surface area contributed by atoms with Crippen molar-refractivity contribution in [2.45, 2.75) is 32.7 Å². The van der Waals surface area contributed by atoms with Gasteiger partial charge in [-0.05, 0) is 30.9 Å². The predicted molar refractivity (Wildman–Crippen MR) is 60.4 cm³/mol. The highest BCUT2D eigenvalue weighted by atomic mass is 35.5. The molecule has 0 saturated heterocycles. The predicted octanol–water partition coefficient (Wildman–Crippen LogP) is 2.65. The quantitative estimate of drug-likeness (QED) is 0.834. The lowest BCUT2D eigenvalue weighted by molar-refractivity contribution is 0.427. The van der Waals surface area contributed by atoms with Crippen LogP contribution < -0.4 is 5.73 Å². The van der Waals surface area contributed by atoms with Crippen molar-refractivity contribution in [2.24, 2.45) is 11.7 Å². The fourth-order valence-corrected chi connectivity index (χ4v) is 1.75. The number of aromatic nitrogens is 1. The van der Waals surface area contributed by atoms with Crippen molar-refractivity contribution in [1.82, 2.24) is 4.98 Å². The Morgan fingerprint density at radius 3 is 2.79 bits per heavy atom. The Morgan fingerprint density at radius 2 is 2.29 bits per heavy atom. The minimum Gasteiger partial charge on any atom is -0.328 e. The summed E-state index contributed by atoms with van der Waals surface area (Å²) in [6, 6.07) is 2.18. The summed E-state index contributed by atoms with van der Waals surface area (Å²) in [7, 11) is 0. The van der Waals surface area contributed by atoms with Gasteiger partial charge in [0.25, 0.3) is 0 Å². The average Bonchev–Trinajstić information content (AvgIpc) is 2.16. The number of rotatable bonds is 4. The van der Waals surface area contributed by atoms with Gasteiger partial charge < -0.3 is 5.73 Å².